The molecule has 1 rings (SSSR count). The molecule has 1 aromatic rings. The number of hydrogen-bond donors (Lipinski definition) is 2. The van der Waals surface area contributed by atoms with E-state index in [1.807, 2.05) is 26.0 Å². The number of rotatable bonds is 7. The van der Waals surface area contributed by atoms with E-state index >= 15 is 0 Å². The average molecular weight is 267 g/mol. The van der Waals surface area contributed by atoms with Crippen molar-refractivity contribution < 1.29 is 19.4 Å². The van der Waals surface area contributed by atoms with Gasteiger partial charge in [0.1, 0.15) is 17.5 Å². The van der Waals surface area contributed by atoms with Gasteiger partial charge in [0.25, 0.3) is 0 Å². The number of carboxylic acids is 1. The zero-order valence-electron chi connectivity index (χ0n) is 11.8. The normalized spacial score (nSPS) is 12.3. The smallest absolute Gasteiger partial charge is 0.320 e. The first-order valence-corrected chi connectivity index (χ1v) is 6.16. The molecule has 1 atom stereocenters. The molecule has 0 saturated heterocycles. The molecule has 0 bridgehead atoms. The summed E-state index contributed by atoms with van der Waals surface area (Å²) < 4.78 is 10.3. The maximum absolute atomic E-state index is 11.1. The van der Waals surface area contributed by atoms with Gasteiger partial charge in [0.05, 0.1) is 14.2 Å². The van der Waals surface area contributed by atoms with Crippen LogP contribution >= 0.6 is 0 Å². The van der Waals surface area contributed by atoms with Crippen LogP contribution in [-0.4, -0.2) is 31.3 Å². The number of ether oxygens (including phenoxy) is 2. The molecule has 2 N–H and O–H groups in total. The third-order valence-electron chi connectivity index (χ3n) is 2.87. The van der Waals surface area contributed by atoms with Crippen LogP contribution in [-0.2, 0) is 11.3 Å². The minimum Gasteiger partial charge on any atom is -0.497 e. The summed E-state index contributed by atoms with van der Waals surface area (Å²) in [5, 5.41) is 12.1. The molecule has 5 nitrogen and oxygen atoms in total. The van der Waals surface area contributed by atoms with Crippen LogP contribution in [0.25, 0.3) is 0 Å². The van der Waals surface area contributed by atoms with Crippen molar-refractivity contribution in [2.45, 2.75) is 26.4 Å². The second-order valence-electron chi connectivity index (χ2n) is 4.66. The van der Waals surface area contributed by atoms with Gasteiger partial charge in [0.2, 0.25) is 0 Å². The lowest BCUT2D eigenvalue weighted by atomic mass is 10.0. The van der Waals surface area contributed by atoms with Crippen molar-refractivity contribution in [1.82, 2.24) is 5.32 Å². The van der Waals surface area contributed by atoms with E-state index in [0.29, 0.717) is 18.0 Å². The van der Waals surface area contributed by atoms with Gasteiger partial charge in [0.15, 0.2) is 0 Å². The minimum absolute atomic E-state index is 0.0185. The van der Waals surface area contributed by atoms with Crippen molar-refractivity contribution in [3.05, 3.63) is 23.8 Å². The summed E-state index contributed by atoms with van der Waals surface area (Å²) in [7, 11) is 3.17. The molecule has 0 amide bonds. The van der Waals surface area contributed by atoms with Crippen LogP contribution < -0.4 is 14.8 Å². The number of methoxy groups -OCH3 is 2. The highest BCUT2D eigenvalue weighted by molar-refractivity contribution is 5.73. The van der Waals surface area contributed by atoms with Crippen LogP contribution in [0.15, 0.2) is 18.2 Å². The van der Waals surface area contributed by atoms with E-state index in [0.717, 1.165) is 5.56 Å². The van der Waals surface area contributed by atoms with Gasteiger partial charge in [-0.05, 0) is 23.6 Å². The molecule has 19 heavy (non-hydrogen) atoms. The van der Waals surface area contributed by atoms with Crippen molar-refractivity contribution in [2.24, 2.45) is 5.92 Å². The summed E-state index contributed by atoms with van der Waals surface area (Å²) in [6.07, 6.45) is 0. The lowest BCUT2D eigenvalue weighted by Gasteiger charge is -2.18. The summed E-state index contributed by atoms with van der Waals surface area (Å²) >= 11 is 0. The number of carboxylic acid groups (broad SMARTS) is 1. The Hall–Kier alpha value is -1.75. The second-order valence-corrected chi connectivity index (χ2v) is 4.66. The Bertz CT molecular complexity index is 409. The predicted molar refractivity (Wildman–Crippen MR) is 72.6 cm³/mol. The van der Waals surface area contributed by atoms with Crippen LogP contribution in [0.1, 0.15) is 19.4 Å². The third kappa shape index (κ3) is 4.44. The van der Waals surface area contributed by atoms with Gasteiger partial charge < -0.3 is 19.9 Å². The second kappa shape index (κ2) is 6.99. The van der Waals surface area contributed by atoms with Gasteiger partial charge in [0, 0.05) is 12.6 Å². The summed E-state index contributed by atoms with van der Waals surface area (Å²) in [4.78, 5) is 11.1. The topological polar surface area (TPSA) is 67.8 Å². The van der Waals surface area contributed by atoms with Crippen molar-refractivity contribution in [2.75, 3.05) is 14.2 Å². The van der Waals surface area contributed by atoms with Crippen LogP contribution in [0.5, 0.6) is 11.5 Å². The zero-order chi connectivity index (χ0) is 14.4. The summed E-state index contributed by atoms with van der Waals surface area (Å²) in [6, 6.07) is 4.92. The van der Waals surface area contributed by atoms with Crippen molar-refractivity contribution in [1.29, 1.82) is 0 Å². The molecule has 0 radical (unpaired) electrons. The quantitative estimate of drug-likeness (QED) is 0.789. The lowest BCUT2D eigenvalue weighted by molar-refractivity contribution is -0.140. The Balaban J connectivity index is 2.78. The van der Waals surface area contributed by atoms with E-state index in [4.69, 9.17) is 14.6 Å². The molecular formula is C14H21NO4. The summed E-state index contributed by atoms with van der Waals surface area (Å²) in [6.45, 7) is 4.19. The molecule has 0 aliphatic heterocycles. The molecule has 0 aliphatic carbocycles. The van der Waals surface area contributed by atoms with E-state index in [-0.39, 0.29) is 5.92 Å². The van der Waals surface area contributed by atoms with Crippen LogP contribution in [0, 0.1) is 5.92 Å². The standard InChI is InChI=1S/C14H21NO4/c1-9(2)13(14(16)17)15-8-10-5-11(18-3)7-12(6-10)19-4/h5-7,9,13,15H,8H2,1-4H3,(H,16,17). The Morgan fingerprint density at radius 2 is 1.74 bits per heavy atom. The predicted octanol–water partition coefficient (Wildman–Crippen LogP) is 1.90. The molecule has 1 unspecified atom stereocenters. The Kier molecular flexibility index (Phi) is 5.63. The molecule has 0 aliphatic rings. The maximum Gasteiger partial charge on any atom is 0.320 e. The van der Waals surface area contributed by atoms with Gasteiger partial charge in [-0.15, -0.1) is 0 Å². The first kappa shape index (κ1) is 15.3. The largest absolute Gasteiger partial charge is 0.497 e. The number of nitrogens with one attached hydrogen (secondary N) is 1. The van der Waals surface area contributed by atoms with E-state index in [2.05, 4.69) is 5.32 Å². The molecule has 1 aromatic carbocycles. The SMILES string of the molecule is COc1cc(CNC(C(=O)O)C(C)C)cc(OC)c1. The number of carbonyl (C=O) groups is 1. The Morgan fingerprint density at radius 1 is 1.21 bits per heavy atom. The first-order chi connectivity index (χ1) is 8.97. The third-order valence-corrected chi connectivity index (χ3v) is 2.87. The highest BCUT2D eigenvalue weighted by Crippen LogP contribution is 2.22. The Labute approximate surface area is 113 Å². The fourth-order valence-corrected chi connectivity index (χ4v) is 1.80. The van der Waals surface area contributed by atoms with Crippen molar-refractivity contribution >= 4 is 5.97 Å². The highest BCUT2D eigenvalue weighted by Gasteiger charge is 2.20. The monoisotopic (exact) mass is 267 g/mol. The molecule has 0 aromatic heterocycles. The van der Waals surface area contributed by atoms with Crippen LogP contribution in [0.2, 0.25) is 0 Å². The van der Waals surface area contributed by atoms with E-state index < -0.39 is 12.0 Å². The van der Waals surface area contributed by atoms with Crippen LogP contribution in [0.4, 0.5) is 0 Å². The molecule has 0 spiro atoms. The minimum atomic E-state index is -0.843. The molecule has 0 heterocycles. The van der Waals surface area contributed by atoms with Gasteiger partial charge in [-0.1, -0.05) is 13.8 Å². The van der Waals surface area contributed by atoms with Crippen molar-refractivity contribution in [3.8, 4) is 11.5 Å². The number of hydrogen-bond acceptors (Lipinski definition) is 4. The van der Waals surface area contributed by atoms with Gasteiger partial charge in [-0.2, -0.15) is 0 Å². The van der Waals surface area contributed by atoms with Gasteiger partial charge in [-0.3, -0.25) is 4.79 Å². The molecular weight excluding hydrogens is 246 g/mol. The molecule has 5 heteroatoms. The van der Waals surface area contributed by atoms with Crippen LogP contribution in [0.3, 0.4) is 0 Å². The van der Waals surface area contributed by atoms with E-state index in [1.54, 1.807) is 20.3 Å². The Morgan fingerprint density at radius 3 is 2.11 bits per heavy atom. The first-order valence-electron chi connectivity index (χ1n) is 6.16. The van der Waals surface area contributed by atoms with E-state index in [1.165, 1.54) is 0 Å². The lowest BCUT2D eigenvalue weighted by Crippen LogP contribution is -2.40. The van der Waals surface area contributed by atoms with E-state index in [9.17, 15) is 4.79 Å². The summed E-state index contributed by atoms with van der Waals surface area (Å²) in [5.41, 5.74) is 0.920. The molecule has 0 fully saturated rings. The fraction of sp³-hybridized carbons (Fsp3) is 0.500. The van der Waals surface area contributed by atoms with Gasteiger partial charge >= 0.3 is 5.97 Å². The zero-order valence-corrected chi connectivity index (χ0v) is 11.8. The maximum atomic E-state index is 11.1. The van der Waals surface area contributed by atoms with Crippen molar-refractivity contribution in [3.63, 3.8) is 0 Å². The average Bonchev–Trinajstić information content (AvgIpc) is 2.37. The summed E-state index contributed by atoms with van der Waals surface area (Å²) in [5.74, 6) is 0.551. The number of benzene rings is 1. The highest BCUT2D eigenvalue weighted by atomic mass is 16.5. The fourth-order valence-electron chi connectivity index (χ4n) is 1.80. The molecule has 106 valence electrons. The molecule has 0 saturated carbocycles. The number of aliphatic carboxylic acids is 1. The van der Waals surface area contributed by atoms with Gasteiger partial charge in [-0.25, -0.2) is 0 Å².